The predicted molar refractivity (Wildman–Crippen MR) is 106 cm³/mol. The lowest BCUT2D eigenvalue weighted by Crippen LogP contribution is -2.04. The largest absolute Gasteiger partial charge is 0.457 e. The summed E-state index contributed by atoms with van der Waals surface area (Å²) in [4.78, 5) is 24.3. The molecule has 0 radical (unpaired) electrons. The molecule has 24 heavy (non-hydrogen) atoms. The van der Waals surface area contributed by atoms with Gasteiger partial charge in [-0.1, -0.05) is 13.2 Å². The van der Waals surface area contributed by atoms with Crippen molar-refractivity contribution in [2.45, 2.75) is 22.0 Å². The van der Waals surface area contributed by atoms with Gasteiger partial charge in [0.2, 0.25) is 0 Å². The van der Waals surface area contributed by atoms with Crippen LogP contribution in [0.4, 0.5) is 0 Å². The minimum Gasteiger partial charge on any atom is -0.457 e. The minimum atomic E-state index is -0.389. The molecule has 0 aromatic carbocycles. The summed E-state index contributed by atoms with van der Waals surface area (Å²) in [5, 5.41) is 4.14. The number of carbonyl (C=O) groups excluding carboxylic acids is 2. The molecule has 0 amide bonds. The molecule has 130 valence electrons. The van der Waals surface area contributed by atoms with Crippen molar-refractivity contribution in [3.8, 4) is 0 Å². The van der Waals surface area contributed by atoms with Crippen molar-refractivity contribution in [3.63, 3.8) is 0 Å². The summed E-state index contributed by atoms with van der Waals surface area (Å²) < 4.78 is 11.0. The van der Waals surface area contributed by atoms with Crippen molar-refractivity contribution >= 4 is 59.0 Å². The third-order valence-corrected chi connectivity index (χ3v) is 8.49. The van der Waals surface area contributed by atoms with E-state index in [0.717, 1.165) is 22.7 Å². The predicted octanol–water partition coefficient (Wildman–Crippen LogP) is 4.52. The van der Waals surface area contributed by atoms with Gasteiger partial charge in [-0.3, -0.25) is 0 Å². The highest BCUT2D eigenvalue weighted by Crippen LogP contribution is 2.46. The maximum atomic E-state index is 11.1. The van der Waals surface area contributed by atoms with E-state index in [2.05, 4.69) is 24.0 Å². The van der Waals surface area contributed by atoms with Crippen molar-refractivity contribution in [1.82, 2.24) is 0 Å². The number of rotatable bonds is 9. The standard InChI is InChI=1S/C16H18O4S4/c1-3-13(17)19-7-11-9-21-15(23-11)5-6-16-22-10-12(24-16)8-20-14(18)4-2/h3-4,9-10,15-16H,1-2,5-8H2. The summed E-state index contributed by atoms with van der Waals surface area (Å²) in [6, 6.07) is 0. The molecule has 2 atom stereocenters. The van der Waals surface area contributed by atoms with Crippen LogP contribution in [0.25, 0.3) is 0 Å². The zero-order valence-corrected chi connectivity index (χ0v) is 16.2. The number of hydrogen-bond acceptors (Lipinski definition) is 8. The fourth-order valence-corrected chi connectivity index (χ4v) is 6.84. The number of thioether (sulfide) groups is 4. The van der Waals surface area contributed by atoms with Crippen LogP contribution in [-0.4, -0.2) is 34.3 Å². The summed E-state index contributed by atoms with van der Waals surface area (Å²) >= 11 is 7.08. The molecule has 8 heteroatoms. The lowest BCUT2D eigenvalue weighted by molar-refractivity contribution is -0.137. The monoisotopic (exact) mass is 402 g/mol. The van der Waals surface area contributed by atoms with Gasteiger partial charge < -0.3 is 9.47 Å². The highest BCUT2D eigenvalue weighted by molar-refractivity contribution is 8.23. The first-order valence-electron chi connectivity index (χ1n) is 7.21. The number of hydrogen-bond donors (Lipinski definition) is 0. The van der Waals surface area contributed by atoms with E-state index in [9.17, 15) is 9.59 Å². The second kappa shape index (κ2) is 10.3. The average Bonchev–Trinajstić information content (AvgIpc) is 3.24. The molecule has 4 nitrogen and oxygen atoms in total. The van der Waals surface area contributed by atoms with Crippen molar-refractivity contribution < 1.29 is 19.1 Å². The van der Waals surface area contributed by atoms with Crippen LogP contribution in [0, 0.1) is 0 Å². The fraction of sp³-hybridized carbons (Fsp3) is 0.375. The molecule has 2 unspecified atom stereocenters. The molecule has 0 aromatic rings. The molecular weight excluding hydrogens is 384 g/mol. The SMILES string of the molecule is C=CC(=O)OCC1=CSC(CCC2SC=C(COC(=O)C=C)S2)S1. The summed E-state index contributed by atoms with van der Waals surface area (Å²) in [5.41, 5.74) is 0. The maximum absolute atomic E-state index is 11.1. The molecule has 0 N–H and O–H groups in total. The lowest BCUT2D eigenvalue weighted by atomic mass is 10.4. The summed E-state index contributed by atoms with van der Waals surface area (Å²) in [5.74, 6) is -0.779. The Labute approximate surface area is 158 Å². The van der Waals surface area contributed by atoms with E-state index >= 15 is 0 Å². The molecular formula is C16H18O4S4. The van der Waals surface area contributed by atoms with E-state index < -0.39 is 0 Å². The number of esters is 2. The van der Waals surface area contributed by atoms with Crippen molar-refractivity contribution in [2.75, 3.05) is 13.2 Å². The normalized spacial score (nSPS) is 22.5. The Balaban J connectivity index is 1.59. The molecule has 0 aromatic heterocycles. The van der Waals surface area contributed by atoms with E-state index in [-0.39, 0.29) is 11.9 Å². The molecule has 2 rings (SSSR count). The summed E-state index contributed by atoms with van der Waals surface area (Å²) in [6.07, 6.45) is 4.50. The van der Waals surface area contributed by atoms with Gasteiger partial charge in [0.05, 0.1) is 9.16 Å². The fourth-order valence-electron chi connectivity index (χ4n) is 1.82. The Hall–Kier alpha value is -0.700. The van der Waals surface area contributed by atoms with Crippen molar-refractivity contribution in [2.24, 2.45) is 0 Å². The topological polar surface area (TPSA) is 52.6 Å². The quantitative estimate of drug-likeness (QED) is 0.412. The Morgan fingerprint density at radius 1 is 0.917 bits per heavy atom. The second-order valence-electron chi connectivity index (χ2n) is 4.74. The molecule has 0 spiro atoms. The highest BCUT2D eigenvalue weighted by Gasteiger charge is 2.24. The summed E-state index contributed by atoms with van der Waals surface area (Å²) in [6.45, 7) is 7.41. The number of carbonyl (C=O) groups is 2. The molecule has 2 heterocycles. The number of ether oxygens (including phenoxy) is 2. The van der Waals surface area contributed by atoms with Gasteiger partial charge in [0, 0.05) is 22.0 Å². The first-order valence-corrected chi connectivity index (χ1v) is 10.9. The Bertz CT molecular complexity index is 520. The van der Waals surface area contributed by atoms with Crippen LogP contribution in [0.15, 0.2) is 45.9 Å². The van der Waals surface area contributed by atoms with Crippen LogP contribution in [0.2, 0.25) is 0 Å². The smallest absolute Gasteiger partial charge is 0.330 e. The van der Waals surface area contributed by atoms with Gasteiger partial charge in [0.25, 0.3) is 0 Å². The maximum Gasteiger partial charge on any atom is 0.330 e. The van der Waals surface area contributed by atoms with Crippen LogP contribution >= 0.6 is 47.0 Å². The van der Waals surface area contributed by atoms with Gasteiger partial charge in [-0.05, 0) is 23.7 Å². The van der Waals surface area contributed by atoms with Gasteiger partial charge in [-0.2, -0.15) is 0 Å². The lowest BCUT2D eigenvalue weighted by Gasteiger charge is -2.13. The Morgan fingerprint density at radius 3 is 1.71 bits per heavy atom. The van der Waals surface area contributed by atoms with E-state index in [4.69, 9.17) is 9.47 Å². The third-order valence-electron chi connectivity index (χ3n) is 2.95. The van der Waals surface area contributed by atoms with Crippen LogP contribution in [0.1, 0.15) is 12.8 Å². The van der Waals surface area contributed by atoms with Crippen LogP contribution in [0.3, 0.4) is 0 Å². The molecule has 2 aliphatic rings. The van der Waals surface area contributed by atoms with E-state index in [1.165, 1.54) is 12.2 Å². The molecule has 0 fully saturated rings. The van der Waals surface area contributed by atoms with E-state index in [1.807, 2.05) is 0 Å². The van der Waals surface area contributed by atoms with Gasteiger partial charge in [0.1, 0.15) is 13.2 Å². The zero-order chi connectivity index (χ0) is 17.4. The van der Waals surface area contributed by atoms with Gasteiger partial charge in [0.15, 0.2) is 0 Å². The van der Waals surface area contributed by atoms with Gasteiger partial charge in [-0.25, -0.2) is 9.59 Å². The van der Waals surface area contributed by atoms with Gasteiger partial charge in [-0.15, -0.1) is 47.0 Å². The van der Waals surface area contributed by atoms with Gasteiger partial charge >= 0.3 is 11.9 Å². The molecule has 0 bridgehead atoms. The van der Waals surface area contributed by atoms with Crippen LogP contribution < -0.4 is 0 Å². The van der Waals surface area contributed by atoms with Crippen LogP contribution in [-0.2, 0) is 19.1 Å². The first kappa shape index (κ1) is 19.6. The molecule has 2 aliphatic heterocycles. The minimum absolute atomic E-state index is 0.326. The molecule has 0 saturated carbocycles. The van der Waals surface area contributed by atoms with E-state index in [1.54, 1.807) is 47.0 Å². The Morgan fingerprint density at radius 2 is 1.33 bits per heavy atom. The zero-order valence-electron chi connectivity index (χ0n) is 13.0. The Kier molecular flexibility index (Phi) is 8.44. The van der Waals surface area contributed by atoms with E-state index in [0.29, 0.717) is 22.4 Å². The highest BCUT2D eigenvalue weighted by atomic mass is 32.2. The average molecular weight is 403 g/mol. The second-order valence-corrected chi connectivity index (χ2v) is 10.1. The third kappa shape index (κ3) is 6.66. The summed E-state index contributed by atoms with van der Waals surface area (Å²) in [7, 11) is 0. The van der Waals surface area contributed by atoms with Crippen molar-refractivity contribution in [1.29, 1.82) is 0 Å². The molecule has 0 aliphatic carbocycles. The first-order chi connectivity index (χ1) is 11.6. The molecule has 0 saturated heterocycles. The van der Waals surface area contributed by atoms with Crippen LogP contribution in [0.5, 0.6) is 0 Å². The van der Waals surface area contributed by atoms with Crippen molar-refractivity contribution in [3.05, 3.63) is 45.9 Å².